The molecular weight excluding hydrogens is 358 g/mol. The maximum Gasteiger partial charge on any atom is 0.415 e. The van der Waals surface area contributed by atoms with Gasteiger partial charge < -0.3 is 25.0 Å². The predicted molar refractivity (Wildman–Crippen MR) is 103 cm³/mol. The molecule has 2 heterocycles. The average molecular weight is 385 g/mol. The summed E-state index contributed by atoms with van der Waals surface area (Å²) in [6.07, 6.45) is 2.44. The molecular formula is C21H27N3O4. The van der Waals surface area contributed by atoms with Crippen molar-refractivity contribution >= 4 is 11.9 Å². The Kier molecular flexibility index (Phi) is 3.97. The van der Waals surface area contributed by atoms with Gasteiger partial charge in [-0.3, -0.25) is 4.79 Å². The summed E-state index contributed by atoms with van der Waals surface area (Å²) < 4.78 is 12.0. The highest BCUT2D eigenvalue weighted by Gasteiger charge is 2.65. The fraction of sp³-hybridized carbons (Fsp3) is 0.619. The molecule has 1 spiro atoms. The van der Waals surface area contributed by atoms with Gasteiger partial charge in [-0.2, -0.15) is 0 Å². The van der Waals surface area contributed by atoms with E-state index >= 15 is 0 Å². The Hall–Kier alpha value is -2.12. The standard InChI is InChI=1S/C21H27N3O4/c1-23-9-7-21-13-4-5-15(25)19(21)28-18-16(27-20(26)24(2)10-8-22)6-3-12(17(18)21)11-14(13)23/h3,6,13-14,19H,4-5,7-11,22H2,1-2H3/t13?,14-,19+,21+/m1/s1. The number of likely N-dealkylation sites (tertiary alicyclic amines) is 1. The first kappa shape index (κ1) is 17.9. The van der Waals surface area contributed by atoms with E-state index < -0.39 is 12.2 Å². The number of nitrogens with two attached hydrogens (primary N) is 1. The zero-order valence-electron chi connectivity index (χ0n) is 16.4. The molecule has 0 aromatic heterocycles. The third kappa shape index (κ3) is 2.23. The summed E-state index contributed by atoms with van der Waals surface area (Å²) >= 11 is 0. The SMILES string of the molecule is CN(CCN)C(=O)Oc1ccc2c3c1O[C@H]1C(=O)CCC4[C@@H](C2)N(C)CC[C@@]341. The number of Topliss-reactive ketones (excluding diaryl/α,β-unsaturated/α-hetero) is 1. The molecule has 1 aromatic carbocycles. The lowest BCUT2D eigenvalue weighted by Gasteiger charge is -2.57. The number of ether oxygens (including phenoxy) is 2. The molecule has 2 bridgehead atoms. The Morgan fingerprint density at radius 1 is 1.46 bits per heavy atom. The van der Waals surface area contributed by atoms with E-state index in [1.165, 1.54) is 10.5 Å². The minimum absolute atomic E-state index is 0.182. The number of carbonyl (C=O) groups excluding carboxylic acids is 2. The molecule has 4 atom stereocenters. The van der Waals surface area contributed by atoms with Crippen LogP contribution in [0.3, 0.4) is 0 Å². The topological polar surface area (TPSA) is 85.1 Å². The van der Waals surface area contributed by atoms with E-state index in [1.54, 1.807) is 7.05 Å². The molecule has 4 aliphatic rings. The van der Waals surface area contributed by atoms with Crippen LogP contribution < -0.4 is 15.2 Å². The van der Waals surface area contributed by atoms with Crippen molar-refractivity contribution < 1.29 is 19.1 Å². The first-order valence-corrected chi connectivity index (χ1v) is 10.2. The molecule has 1 aromatic rings. The summed E-state index contributed by atoms with van der Waals surface area (Å²) in [5, 5.41) is 0. The third-order valence-electron chi connectivity index (χ3n) is 7.34. The summed E-state index contributed by atoms with van der Waals surface area (Å²) in [7, 11) is 3.85. The normalized spacial score (nSPS) is 32.5. The predicted octanol–water partition coefficient (Wildman–Crippen LogP) is 1.31. The molecule has 2 fully saturated rings. The van der Waals surface area contributed by atoms with E-state index in [9.17, 15) is 9.59 Å². The highest BCUT2D eigenvalue weighted by Crippen LogP contribution is 2.63. The van der Waals surface area contributed by atoms with E-state index in [4.69, 9.17) is 15.2 Å². The van der Waals surface area contributed by atoms with Crippen molar-refractivity contribution in [3.8, 4) is 11.5 Å². The van der Waals surface area contributed by atoms with Crippen molar-refractivity contribution in [2.24, 2.45) is 11.7 Å². The molecule has 7 nitrogen and oxygen atoms in total. The number of rotatable bonds is 3. The van der Waals surface area contributed by atoms with Gasteiger partial charge in [-0.05, 0) is 50.4 Å². The van der Waals surface area contributed by atoms with E-state index in [0.717, 1.165) is 31.4 Å². The van der Waals surface area contributed by atoms with Crippen molar-refractivity contribution in [1.82, 2.24) is 9.80 Å². The second-order valence-electron chi connectivity index (χ2n) is 8.66. The molecule has 0 radical (unpaired) electrons. The largest absolute Gasteiger partial charge is 0.477 e. The minimum Gasteiger partial charge on any atom is -0.477 e. The molecule has 1 saturated heterocycles. The first-order chi connectivity index (χ1) is 13.5. The van der Waals surface area contributed by atoms with Crippen LogP contribution in [-0.2, 0) is 16.6 Å². The maximum absolute atomic E-state index is 12.9. The summed E-state index contributed by atoms with van der Waals surface area (Å²) in [6.45, 7) is 1.74. The summed E-state index contributed by atoms with van der Waals surface area (Å²) in [6, 6.07) is 4.31. The molecule has 2 N–H and O–H groups in total. The Balaban J connectivity index is 1.60. The Morgan fingerprint density at radius 2 is 2.29 bits per heavy atom. The van der Waals surface area contributed by atoms with E-state index in [1.807, 2.05) is 6.07 Å². The Bertz CT molecular complexity index is 856. The van der Waals surface area contributed by atoms with Crippen molar-refractivity contribution in [2.45, 2.75) is 43.2 Å². The van der Waals surface area contributed by atoms with Gasteiger partial charge in [0.25, 0.3) is 0 Å². The van der Waals surface area contributed by atoms with Gasteiger partial charge in [0.15, 0.2) is 23.4 Å². The fourth-order valence-electron chi connectivity index (χ4n) is 6.05. The number of hydrogen-bond acceptors (Lipinski definition) is 6. The van der Waals surface area contributed by atoms with Crippen molar-refractivity contribution in [1.29, 1.82) is 0 Å². The van der Waals surface area contributed by atoms with Gasteiger partial charge in [-0.25, -0.2) is 4.79 Å². The number of amides is 1. The van der Waals surface area contributed by atoms with Gasteiger partial charge in [0.1, 0.15) is 0 Å². The highest BCUT2D eigenvalue weighted by molar-refractivity contribution is 5.89. The molecule has 7 heteroatoms. The molecule has 5 rings (SSSR count). The lowest BCUT2D eigenvalue weighted by molar-refractivity contribution is -0.138. The van der Waals surface area contributed by atoms with Crippen LogP contribution in [0.5, 0.6) is 11.5 Å². The minimum atomic E-state index is -0.461. The van der Waals surface area contributed by atoms with E-state index in [2.05, 4.69) is 18.0 Å². The molecule has 2 aliphatic carbocycles. The monoisotopic (exact) mass is 385 g/mol. The fourth-order valence-corrected chi connectivity index (χ4v) is 6.05. The zero-order valence-corrected chi connectivity index (χ0v) is 16.4. The smallest absolute Gasteiger partial charge is 0.415 e. The van der Waals surface area contributed by atoms with Gasteiger partial charge in [0, 0.05) is 43.6 Å². The highest BCUT2D eigenvalue weighted by atomic mass is 16.6. The molecule has 1 amide bonds. The summed E-state index contributed by atoms with van der Waals surface area (Å²) in [5.74, 6) is 1.62. The van der Waals surface area contributed by atoms with Gasteiger partial charge in [0.2, 0.25) is 0 Å². The first-order valence-electron chi connectivity index (χ1n) is 10.2. The van der Waals surface area contributed by atoms with Crippen LogP contribution in [0.25, 0.3) is 0 Å². The number of ketones is 1. The Morgan fingerprint density at radius 3 is 3.07 bits per heavy atom. The maximum atomic E-state index is 12.9. The van der Waals surface area contributed by atoms with Crippen LogP contribution in [0, 0.1) is 5.92 Å². The second kappa shape index (κ2) is 6.19. The molecule has 150 valence electrons. The number of likely N-dealkylation sites (N-methyl/N-ethyl adjacent to an activating group) is 2. The van der Waals surface area contributed by atoms with Crippen LogP contribution in [0.4, 0.5) is 4.79 Å². The number of benzene rings is 1. The quantitative estimate of drug-likeness (QED) is 0.845. The van der Waals surface area contributed by atoms with Crippen molar-refractivity contribution in [2.75, 3.05) is 33.7 Å². The molecule has 1 unspecified atom stereocenters. The van der Waals surface area contributed by atoms with Crippen LogP contribution in [0.15, 0.2) is 12.1 Å². The van der Waals surface area contributed by atoms with Gasteiger partial charge in [-0.15, -0.1) is 0 Å². The summed E-state index contributed by atoms with van der Waals surface area (Å²) in [4.78, 5) is 29.2. The number of nitrogens with zero attached hydrogens (tertiary/aromatic N) is 2. The molecule has 28 heavy (non-hydrogen) atoms. The summed E-state index contributed by atoms with van der Waals surface area (Å²) in [5.41, 5.74) is 7.64. The third-order valence-corrected chi connectivity index (χ3v) is 7.34. The van der Waals surface area contributed by atoms with E-state index in [0.29, 0.717) is 43.0 Å². The van der Waals surface area contributed by atoms with Crippen LogP contribution >= 0.6 is 0 Å². The number of hydrogen-bond donors (Lipinski definition) is 1. The van der Waals surface area contributed by atoms with Crippen LogP contribution in [0.2, 0.25) is 0 Å². The van der Waals surface area contributed by atoms with E-state index in [-0.39, 0.29) is 11.2 Å². The lowest BCUT2D eigenvalue weighted by atomic mass is 9.52. The number of piperidine rings is 1. The van der Waals surface area contributed by atoms with Gasteiger partial charge >= 0.3 is 6.09 Å². The van der Waals surface area contributed by atoms with Gasteiger partial charge in [-0.1, -0.05) is 6.07 Å². The van der Waals surface area contributed by atoms with Crippen LogP contribution in [-0.4, -0.2) is 67.6 Å². The second-order valence-corrected chi connectivity index (χ2v) is 8.66. The zero-order chi connectivity index (χ0) is 19.6. The van der Waals surface area contributed by atoms with Crippen molar-refractivity contribution in [3.05, 3.63) is 23.3 Å². The van der Waals surface area contributed by atoms with Gasteiger partial charge in [0.05, 0.1) is 0 Å². The van der Waals surface area contributed by atoms with Crippen molar-refractivity contribution in [3.63, 3.8) is 0 Å². The number of carbonyl (C=O) groups is 2. The average Bonchev–Trinajstić information content (AvgIpc) is 3.03. The molecule has 1 saturated carbocycles. The lowest BCUT2D eigenvalue weighted by Crippen LogP contribution is -2.65. The Labute approximate surface area is 164 Å². The molecule has 2 aliphatic heterocycles. The van der Waals surface area contributed by atoms with Crippen LogP contribution in [0.1, 0.15) is 30.4 Å².